The number of carbonyl (C=O) groups is 2. The van der Waals surface area contributed by atoms with E-state index in [1.165, 1.54) is 23.1 Å². The van der Waals surface area contributed by atoms with Crippen LogP contribution in [0.25, 0.3) is 0 Å². The number of rotatable bonds is 11. The predicted octanol–water partition coefficient (Wildman–Crippen LogP) is 3.93. The van der Waals surface area contributed by atoms with Crippen LogP contribution in [0.3, 0.4) is 0 Å². The van der Waals surface area contributed by atoms with Gasteiger partial charge in [0, 0.05) is 24.7 Å². The van der Waals surface area contributed by atoms with Crippen molar-refractivity contribution < 1.29 is 22.9 Å². The molecule has 1 unspecified atom stereocenters. The van der Waals surface area contributed by atoms with Crippen LogP contribution in [0.1, 0.15) is 56.6 Å². The van der Waals surface area contributed by atoms with Gasteiger partial charge in [0.05, 0.1) is 16.9 Å². The Morgan fingerprint density at radius 1 is 1.11 bits per heavy atom. The molecule has 11 heteroatoms. The number of sulfonamides is 1. The minimum atomic E-state index is -3.98. The molecule has 206 valence electrons. The molecule has 2 aromatic carbocycles. The molecule has 0 spiro atoms. The Morgan fingerprint density at radius 3 is 2.39 bits per heavy atom. The van der Waals surface area contributed by atoms with Crippen LogP contribution in [0.2, 0.25) is 0 Å². The molecule has 1 N–H and O–H groups in total. The third-order valence-electron chi connectivity index (χ3n) is 6.95. The van der Waals surface area contributed by atoms with E-state index in [0.717, 1.165) is 59.9 Å². The molecule has 0 aliphatic heterocycles. The second kappa shape index (κ2) is 12.9. The summed E-state index contributed by atoms with van der Waals surface area (Å²) in [6.07, 6.45) is 6.29. The lowest BCUT2D eigenvalue weighted by atomic mass is 9.95. The van der Waals surface area contributed by atoms with Gasteiger partial charge in [-0.25, -0.2) is 8.42 Å². The molecule has 0 heterocycles. The van der Waals surface area contributed by atoms with E-state index in [1.54, 1.807) is 0 Å². The van der Waals surface area contributed by atoms with Crippen molar-refractivity contribution in [1.82, 2.24) is 10.2 Å². The zero-order valence-corrected chi connectivity index (χ0v) is 22.9. The maximum atomic E-state index is 13.8. The fourth-order valence-corrected chi connectivity index (χ4v) is 5.65. The molecule has 38 heavy (non-hydrogen) atoms. The second-order valence-electron chi connectivity index (χ2n) is 9.76. The second-order valence-corrected chi connectivity index (χ2v) is 11.7. The smallest absolute Gasteiger partial charge is 0.271 e. The first-order valence-electron chi connectivity index (χ1n) is 12.9. The van der Waals surface area contributed by atoms with Gasteiger partial charge in [-0.05, 0) is 43.4 Å². The summed E-state index contributed by atoms with van der Waals surface area (Å²) in [5.74, 6) is -0.835. The molecule has 1 aliphatic rings. The number of nitro groups is 1. The molecule has 2 aromatic rings. The lowest BCUT2D eigenvalue weighted by Gasteiger charge is -2.34. The van der Waals surface area contributed by atoms with E-state index in [9.17, 15) is 28.1 Å². The van der Waals surface area contributed by atoms with Gasteiger partial charge in [-0.15, -0.1) is 0 Å². The summed E-state index contributed by atoms with van der Waals surface area (Å²) >= 11 is 0. The monoisotopic (exact) mass is 544 g/mol. The summed E-state index contributed by atoms with van der Waals surface area (Å²) < 4.78 is 26.3. The number of hydrogen-bond acceptors (Lipinski definition) is 6. The van der Waals surface area contributed by atoms with Gasteiger partial charge >= 0.3 is 0 Å². The third kappa shape index (κ3) is 7.53. The largest absolute Gasteiger partial charge is 0.352 e. The van der Waals surface area contributed by atoms with Crippen molar-refractivity contribution in [1.29, 1.82) is 0 Å². The van der Waals surface area contributed by atoms with Gasteiger partial charge in [-0.2, -0.15) is 0 Å². The highest BCUT2D eigenvalue weighted by molar-refractivity contribution is 7.92. The number of nitro benzene ring substituents is 1. The lowest BCUT2D eigenvalue weighted by Crippen LogP contribution is -2.54. The molecule has 0 bridgehead atoms. The van der Waals surface area contributed by atoms with E-state index in [2.05, 4.69) is 5.32 Å². The van der Waals surface area contributed by atoms with E-state index in [-0.39, 0.29) is 29.9 Å². The predicted molar refractivity (Wildman–Crippen MR) is 146 cm³/mol. The molecule has 10 nitrogen and oxygen atoms in total. The summed E-state index contributed by atoms with van der Waals surface area (Å²) in [6.45, 7) is 3.25. The number of non-ortho nitro benzene ring substituents is 1. The standard InChI is InChI=1S/C27H36N4O6S/c1-4-25(27(33)28-22-13-6-5-7-14-22)29(18-21-12-9-8-11-20(21)2)26(32)19-30(38(3,36)37)23-15-10-16-24(17-23)31(34)35/h8-12,15-17,22,25H,4-7,13-14,18-19H2,1-3H3,(H,28,33). The molecule has 0 aromatic heterocycles. The first-order valence-corrected chi connectivity index (χ1v) is 14.7. The Hall–Kier alpha value is -3.47. The highest BCUT2D eigenvalue weighted by Gasteiger charge is 2.33. The summed E-state index contributed by atoms with van der Waals surface area (Å²) in [6, 6.07) is 11.9. The van der Waals surface area contributed by atoms with Crippen LogP contribution in [0.4, 0.5) is 11.4 Å². The first-order chi connectivity index (χ1) is 18.0. The minimum Gasteiger partial charge on any atom is -0.352 e. The van der Waals surface area contributed by atoms with E-state index in [1.807, 2.05) is 38.1 Å². The Bertz CT molecular complexity index is 1260. The number of anilines is 1. The quantitative estimate of drug-likeness (QED) is 0.337. The molecule has 1 aliphatic carbocycles. The number of nitrogens with one attached hydrogen (secondary N) is 1. The van der Waals surface area contributed by atoms with Crippen LogP contribution in [-0.2, 0) is 26.2 Å². The van der Waals surface area contributed by atoms with Crippen LogP contribution in [0.5, 0.6) is 0 Å². The molecule has 2 amide bonds. The maximum Gasteiger partial charge on any atom is 0.271 e. The molecule has 1 saturated carbocycles. The van der Waals surface area contributed by atoms with Gasteiger partial charge in [0.1, 0.15) is 12.6 Å². The number of nitrogens with zero attached hydrogens (tertiary/aromatic N) is 3. The summed E-state index contributed by atoms with van der Waals surface area (Å²) in [7, 11) is -3.98. The minimum absolute atomic E-state index is 0.00518. The average molecular weight is 545 g/mol. The van der Waals surface area contributed by atoms with Gasteiger partial charge in [-0.1, -0.05) is 56.5 Å². The summed E-state index contributed by atoms with van der Waals surface area (Å²) in [4.78, 5) is 39.3. The van der Waals surface area contributed by atoms with Crippen molar-refractivity contribution >= 4 is 33.2 Å². The van der Waals surface area contributed by atoms with Crippen molar-refractivity contribution in [2.24, 2.45) is 0 Å². The lowest BCUT2D eigenvalue weighted by molar-refractivity contribution is -0.384. The molecule has 0 radical (unpaired) electrons. The zero-order valence-electron chi connectivity index (χ0n) is 22.1. The molecular weight excluding hydrogens is 508 g/mol. The van der Waals surface area contributed by atoms with Crippen LogP contribution >= 0.6 is 0 Å². The number of aryl methyl sites for hydroxylation is 1. The number of amides is 2. The Labute approximate surface area is 224 Å². The van der Waals surface area contributed by atoms with Crippen LogP contribution in [0, 0.1) is 17.0 Å². The Morgan fingerprint density at radius 2 is 1.79 bits per heavy atom. The molecule has 1 atom stereocenters. The molecule has 3 rings (SSSR count). The van der Waals surface area contributed by atoms with Crippen molar-refractivity contribution in [2.45, 2.75) is 71.0 Å². The van der Waals surface area contributed by atoms with E-state index >= 15 is 0 Å². The topological polar surface area (TPSA) is 130 Å². The SMILES string of the molecule is CCC(C(=O)NC1CCCCC1)N(Cc1ccccc1C)C(=O)CN(c1cccc([N+](=O)[O-])c1)S(C)(=O)=O. The van der Waals surface area contributed by atoms with Crippen LogP contribution < -0.4 is 9.62 Å². The van der Waals surface area contributed by atoms with Gasteiger partial charge in [0.2, 0.25) is 21.8 Å². The summed E-state index contributed by atoms with van der Waals surface area (Å²) in [5, 5.41) is 14.4. The molecular formula is C27H36N4O6S. The number of hydrogen-bond donors (Lipinski definition) is 1. The maximum absolute atomic E-state index is 13.8. The average Bonchev–Trinajstić information content (AvgIpc) is 2.88. The normalized spacial score (nSPS) is 14.9. The molecule has 1 fully saturated rings. The van der Waals surface area contributed by atoms with Gasteiger partial charge in [-0.3, -0.25) is 24.0 Å². The number of benzene rings is 2. The highest BCUT2D eigenvalue weighted by Crippen LogP contribution is 2.25. The van der Waals surface area contributed by atoms with Gasteiger partial charge in [0.15, 0.2) is 0 Å². The van der Waals surface area contributed by atoms with Crippen molar-refractivity contribution in [2.75, 3.05) is 17.1 Å². The Kier molecular flexibility index (Phi) is 9.84. The Balaban J connectivity index is 1.95. The van der Waals surface area contributed by atoms with Crippen molar-refractivity contribution in [3.63, 3.8) is 0 Å². The van der Waals surface area contributed by atoms with E-state index < -0.39 is 33.4 Å². The van der Waals surface area contributed by atoms with Crippen LogP contribution in [-0.4, -0.2) is 54.9 Å². The van der Waals surface area contributed by atoms with Crippen LogP contribution in [0.15, 0.2) is 48.5 Å². The van der Waals surface area contributed by atoms with E-state index in [4.69, 9.17) is 0 Å². The summed E-state index contributed by atoms with van der Waals surface area (Å²) in [5.41, 5.74) is 1.49. The van der Waals surface area contributed by atoms with E-state index in [0.29, 0.717) is 6.42 Å². The first kappa shape index (κ1) is 29.1. The highest BCUT2D eigenvalue weighted by atomic mass is 32.2. The zero-order chi connectivity index (χ0) is 27.9. The van der Waals surface area contributed by atoms with Crippen molar-refractivity contribution in [3.8, 4) is 0 Å². The van der Waals surface area contributed by atoms with Gasteiger partial charge < -0.3 is 10.2 Å². The fraction of sp³-hybridized carbons (Fsp3) is 0.481. The molecule has 0 saturated heterocycles. The van der Waals surface area contributed by atoms with Gasteiger partial charge in [0.25, 0.3) is 5.69 Å². The fourth-order valence-electron chi connectivity index (χ4n) is 4.81. The number of carbonyl (C=O) groups excluding carboxylic acids is 2. The third-order valence-corrected chi connectivity index (χ3v) is 8.09. The van der Waals surface area contributed by atoms with Crippen molar-refractivity contribution in [3.05, 3.63) is 69.8 Å².